The van der Waals surface area contributed by atoms with Gasteiger partial charge in [-0.2, -0.15) is 0 Å². The average Bonchev–Trinajstić information content (AvgIpc) is 3.38. The molecule has 8 heteroatoms. The monoisotopic (exact) mass is 394 g/mol. The molecule has 1 saturated heterocycles. The maximum atomic E-state index is 12.6. The molecule has 3 aromatic rings. The number of benzene rings is 1. The summed E-state index contributed by atoms with van der Waals surface area (Å²) in [5.41, 5.74) is 2.17. The summed E-state index contributed by atoms with van der Waals surface area (Å²) in [5, 5.41) is 15.1. The number of nitrogens with zero attached hydrogens (tertiary/aromatic N) is 3. The third-order valence-electron chi connectivity index (χ3n) is 4.63. The van der Waals surface area contributed by atoms with Gasteiger partial charge >= 0.3 is 5.97 Å². The van der Waals surface area contributed by atoms with E-state index in [1.807, 2.05) is 35.7 Å². The number of aromatic nitrogens is 2. The molecule has 3 heterocycles. The number of carboxylic acid groups (broad SMARTS) is 1. The molecular weight excluding hydrogens is 376 g/mol. The van der Waals surface area contributed by atoms with E-state index >= 15 is 0 Å². The maximum absolute atomic E-state index is 12.6. The minimum absolute atomic E-state index is 0.243. The van der Waals surface area contributed by atoms with Crippen molar-refractivity contribution < 1.29 is 14.7 Å². The second-order valence-electron chi connectivity index (χ2n) is 6.45. The Bertz CT molecular complexity index is 988. The van der Waals surface area contributed by atoms with E-state index in [0.717, 1.165) is 22.2 Å². The van der Waals surface area contributed by atoms with Gasteiger partial charge in [0.2, 0.25) is 0 Å². The lowest BCUT2D eigenvalue weighted by Gasteiger charge is -2.21. The number of carbonyl (C=O) groups is 2. The first-order valence-electron chi connectivity index (χ1n) is 8.89. The molecule has 0 radical (unpaired) electrons. The first kappa shape index (κ1) is 18.1. The Morgan fingerprint density at radius 2 is 2.00 bits per heavy atom. The zero-order chi connectivity index (χ0) is 19.5. The van der Waals surface area contributed by atoms with Crippen LogP contribution in [0.25, 0.3) is 11.3 Å². The number of aliphatic carboxylic acids is 1. The van der Waals surface area contributed by atoms with Crippen LogP contribution in [0.1, 0.15) is 23.2 Å². The number of amides is 1. The molecule has 7 nitrogen and oxygen atoms in total. The van der Waals surface area contributed by atoms with Crippen LogP contribution in [-0.4, -0.2) is 44.4 Å². The first-order chi connectivity index (χ1) is 13.6. The van der Waals surface area contributed by atoms with Crippen molar-refractivity contribution in [2.45, 2.75) is 18.9 Å². The Hall–Kier alpha value is -3.26. The summed E-state index contributed by atoms with van der Waals surface area (Å²) < 4.78 is 0. The number of rotatable bonds is 5. The van der Waals surface area contributed by atoms with Gasteiger partial charge in [-0.05, 0) is 37.1 Å². The van der Waals surface area contributed by atoms with Gasteiger partial charge in [-0.1, -0.05) is 18.2 Å². The van der Waals surface area contributed by atoms with Crippen LogP contribution in [0, 0.1) is 0 Å². The van der Waals surface area contributed by atoms with Crippen LogP contribution in [0.15, 0.2) is 54.0 Å². The normalized spacial score (nSPS) is 16.1. The van der Waals surface area contributed by atoms with Crippen molar-refractivity contribution in [1.29, 1.82) is 0 Å². The summed E-state index contributed by atoms with van der Waals surface area (Å²) in [5.74, 6) is -0.465. The molecule has 0 saturated carbocycles. The highest BCUT2D eigenvalue weighted by Gasteiger charge is 2.34. The number of anilines is 2. The molecule has 2 N–H and O–H groups in total. The van der Waals surface area contributed by atoms with Crippen LogP contribution in [0.5, 0.6) is 0 Å². The summed E-state index contributed by atoms with van der Waals surface area (Å²) in [7, 11) is 0. The van der Waals surface area contributed by atoms with Crippen LogP contribution in [0.2, 0.25) is 0 Å². The summed E-state index contributed by atoms with van der Waals surface area (Å²) in [6.07, 6.45) is 2.93. The van der Waals surface area contributed by atoms with E-state index < -0.39 is 12.0 Å². The Labute approximate surface area is 165 Å². The number of nitrogens with one attached hydrogen (secondary N) is 1. The van der Waals surface area contributed by atoms with Gasteiger partial charge in [0.15, 0.2) is 5.13 Å². The average molecular weight is 394 g/mol. The third kappa shape index (κ3) is 3.72. The highest BCUT2D eigenvalue weighted by atomic mass is 32.1. The number of pyridine rings is 1. The van der Waals surface area contributed by atoms with Gasteiger partial charge in [0.05, 0.1) is 5.69 Å². The summed E-state index contributed by atoms with van der Waals surface area (Å²) in [6, 6.07) is 12.0. The van der Waals surface area contributed by atoms with E-state index in [2.05, 4.69) is 15.3 Å². The van der Waals surface area contributed by atoms with Gasteiger partial charge in [-0.25, -0.2) is 14.8 Å². The Balaban J connectivity index is 1.48. The van der Waals surface area contributed by atoms with Crippen molar-refractivity contribution in [2.75, 3.05) is 11.9 Å². The van der Waals surface area contributed by atoms with E-state index in [0.29, 0.717) is 24.9 Å². The van der Waals surface area contributed by atoms with E-state index in [-0.39, 0.29) is 5.91 Å². The fourth-order valence-corrected chi connectivity index (χ4v) is 3.95. The molecule has 1 aromatic carbocycles. The van der Waals surface area contributed by atoms with Gasteiger partial charge in [-0.15, -0.1) is 11.3 Å². The van der Waals surface area contributed by atoms with Gasteiger partial charge in [0.25, 0.3) is 5.91 Å². The minimum Gasteiger partial charge on any atom is -0.480 e. The molecule has 0 spiro atoms. The standard InChI is InChI=1S/C20H18N4O3S/c25-18(24-11-3-4-16(24)19(26)27)14-8-6-13(7-9-14)15-12-28-20(22-15)23-17-5-1-2-10-21-17/h1-2,5-10,12,16H,3-4,11H2,(H,26,27)(H,21,22,23). The zero-order valence-corrected chi connectivity index (χ0v) is 15.7. The van der Waals surface area contributed by atoms with Crippen LogP contribution in [0.4, 0.5) is 10.9 Å². The number of likely N-dealkylation sites (tertiary alicyclic amines) is 1. The van der Waals surface area contributed by atoms with Crippen LogP contribution < -0.4 is 5.32 Å². The molecule has 1 atom stereocenters. The molecule has 0 aliphatic carbocycles. The fourth-order valence-electron chi connectivity index (χ4n) is 3.23. The molecule has 28 heavy (non-hydrogen) atoms. The fraction of sp³-hybridized carbons (Fsp3) is 0.200. The SMILES string of the molecule is O=C(O)C1CCCN1C(=O)c1ccc(-c2csc(Nc3ccccn3)n2)cc1. The van der Waals surface area contributed by atoms with Crippen molar-refractivity contribution in [1.82, 2.24) is 14.9 Å². The van der Waals surface area contributed by atoms with Gasteiger partial charge in [0.1, 0.15) is 11.9 Å². The van der Waals surface area contributed by atoms with Gasteiger partial charge in [-0.3, -0.25) is 4.79 Å². The lowest BCUT2D eigenvalue weighted by atomic mass is 10.1. The zero-order valence-electron chi connectivity index (χ0n) is 14.9. The van der Waals surface area contributed by atoms with Crippen LogP contribution in [-0.2, 0) is 4.79 Å². The highest BCUT2D eigenvalue weighted by Crippen LogP contribution is 2.27. The molecule has 1 amide bonds. The van der Waals surface area contributed by atoms with E-state index in [4.69, 9.17) is 0 Å². The van der Waals surface area contributed by atoms with E-state index in [9.17, 15) is 14.7 Å². The lowest BCUT2D eigenvalue weighted by molar-refractivity contribution is -0.141. The Morgan fingerprint density at radius 3 is 2.71 bits per heavy atom. The minimum atomic E-state index is -0.946. The Morgan fingerprint density at radius 1 is 1.18 bits per heavy atom. The number of carboxylic acids is 1. The van der Waals surface area contributed by atoms with Crippen molar-refractivity contribution >= 4 is 34.2 Å². The second kappa shape index (κ2) is 7.77. The largest absolute Gasteiger partial charge is 0.480 e. The quantitative estimate of drug-likeness (QED) is 0.686. The lowest BCUT2D eigenvalue weighted by Crippen LogP contribution is -2.40. The van der Waals surface area contributed by atoms with E-state index in [1.165, 1.54) is 16.2 Å². The maximum Gasteiger partial charge on any atom is 0.326 e. The van der Waals surface area contributed by atoms with Crippen molar-refractivity contribution in [3.05, 3.63) is 59.6 Å². The topological polar surface area (TPSA) is 95.4 Å². The second-order valence-corrected chi connectivity index (χ2v) is 7.31. The predicted molar refractivity (Wildman–Crippen MR) is 107 cm³/mol. The van der Waals surface area contributed by atoms with E-state index in [1.54, 1.807) is 18.3 Å². The molecule has 1 unspecified atom stereocenters. The summed E-state index contributed by atoms with van der Waals surface area (Å²) >= 11 is 1.47. The molecular formula is C20H18N4O3S. The first-order valence-corrected chi connectivity index (χ1v) is 9.77. The number of hydrogen-bond donors (Lipinski definition) is 2. The molecule has 142 valence electrons. The summed E-state index contributed by atoms with van der Waals surface area (Å²) in [4.78, 5) is 34.2. The van der Waals surface area contributed by atoms with Crippen molar-refractivity contribution in [3.8, 4) is 11.3 Å². The third-order valence-corrected chi connectivity index (χ3v) is 5.39. The van der Waals surface area contributed by atoms with Gasteiger partial charge < -0.3 is 15.3 Å². The molecule has 4 rings (SSSR count). The molecule has 1 aliphatic rings. The smallest absolute Gasteiger partial charge is 0.326 e. The van der Waals surface area contributed by atoms with Crippen LogP contribution >= 0.6 is 11.3 Å². The number of carbonyl (C=O) groups excluding carboxylic acids is 1. The summed E-state index contributed by atoms with van der Waals surface area (Å²) in [6.45, 7) is 0.478. The molecule has 1 aliphatic heterocycles. The Kier molecular flexibility index (Phi) is 5.03. The van der Waals surface area contributed by atoms with Crippen molar-refractivity contribution in [3.63, 3.8) is 0 Å². The molecule has 2 aromatic heterocycles. The highest BCUT2D eigenvalue weighted by molar-refractivity contribution is 7.14. The molecule has 0 bridgehead atoms. The number of hydrogen-bond acceptors (Lipinski definition) is 6. The van der Waals surface area contributed by atoms with Gasteiger partial charge in [0, 0.05) is 29.2 Å². The molecule has 1 fully saturated rings. The van der Waals surface area contributed by atoms with Crippen LogP contribution in [0.3, 0.4) is 0 Å². The predicted octanol–water partition coefficient (Wildman–Crippen LogP) is 3.64. The van der Waals surface area contributed by atoms with Crippen molar-refractivity contribution in [2.24, 2.45) is 0 Å². The number of thiazole rings is 1.